The highest BCUT2D eigenvalue weighted by Gasteiger charge is 2.49. The summed E-state index contributed by atoms with van der Waals surface area (Å²) < 4.78 is 41.0. The molecule has 2 N–H and O–H groups in total. The lowest BCUT2D eigenvalue weighted by molar-refractivity contribution is 0.141. The molecule has 0 unspecified atom stereocenters. The Kier molecular flexibility index (Phi) is 9.98. The fraction of sp³-hybridized carbons (Fsp3) is 0.400. The lowest BCUT2D eigenvalue weighted by atomic mass is 9.96. The summed E-state index contributed by atoms with van der Waals surface area (Å²) >= 11 is 7.23. The summed E-state index contributed by atoms with van der Waals surface area (Å²) in [5, 5.41) is 6.69. The van der Waals surface area contributed by atoms with Gasteiger partial charge >= 0.3 is 11.7 Å². The van der Waals surface area contributed by atoms with Crippen LogP contribution in [0.5, 0.6) is 5.88 Å². The van der Waals surface area contributed by atoms with Crippen molar-refractivity contribution < 1.29 is 23.0 Å². The van der Waals surface area contributed by atoms with Crippen molar-refractivity contribution >= 4 is 40.2 Å². The third-order valence-corrected chi connectivity index (χ3v) is 11.9. The summed E-state index contributed by atoms with van der Waals surface area (Å²) in [4.78, 5) is 55.8. The van der Waals surface area contributed by atoms with Crippen molar-refractivity contribution in [2.45, 2.75) is 44.2 Å². The smallest absolute Gasteiger partial charge is 0.332 e. The van der Waals surface area contributed by atoms with Gasteiger partial charge in [0.05, 0.1) is 30.0 Å². The van der Waals surface area contributed by atoms with Gasteiger partial charge in [-0.15, -0.1) is 0 Å². The number of anilines is 2. The minimum absolute atomic E-state index is 0.0501. The van der Waals surface area contributed by atoms with Crippen molar-refractivity contribution in [1.82, 2.24) is 39.2 Å². The topological polar surface area (TPSA) is 149 Å². The van der Waals surface area contributed by atoms with Gasteiger partial charge in [-0.3, -0.25) is 18.8 Å². The Morgan fingerprint density at radius 2 is 1.77 bits per heavy atom. The second-order valence-electron chi connectivity index (χ2n) is 14.9. The number of fused-ring (bicyclic) bond motifs is 2. The van der Waals surface area contributed by atoms with E-state index in [0.29, 0.717) is 58.7 Å². The van der Waals surface area contributed by atoms with Crippen molar-refractivity contribution in [3.05, 3.63) is 90.8 Å². The molecule has 2 aromatic carbocycles. The number of halogens is 3. The van der Waals surface area contributed by atoms with Crippen LogP contribution in [0.3, 0.4) is 0 Å². The molecule has 2 saturated heterocycles. The molecule has 3 aliphatic rings. The van der Waals surface area contributed by atoms with Gasteiger partial charge in [-0.1, -0.05) is 41.9 Å². The number of hydrogen-bond acceptors (Lipinski definition) is 10. The van der Waals surface area contributed by atoms with Gasteiger partial charge in [-0.25, -0.2) is 33.3 Å². The lowest BCUT2D eigenvalue weighted by Crippen LogP contribution is -2.46. The minimum atomic E-state index is -3.05. The number of carbonyl (C=O) groups excluding carboxylic acids is 1. The number of ether oxygens (including phenoxy) is 2. The number of benzene rings is 2. The van der Waals surface area contributed by atoms with Crippen molar-refractivity contribution in [3.63, 3.8) is 0 Å². The summed E-state index contributed by atoms with van der Waals surface area (Å²) in [7, 11) is 5.92. The number of carbonyl (C=O) groups is 1. The average Bonchev–Trinajstić information content (AvgIpc) is 3.91. The number of methoxy groups -OCH3 is 2. The maximum absolute atomic E-state index is 14.0. The fourth-order valence-corrected chi connectivity index (χ4v) is 8.92. The molecule has 8 rings (SSSR count). The highest BCUT2D eigenvalue weighted by Crippen LogP contribution is 2.46. The number of nitrogens with zero attached hydrogens (tertiary/aromatic N) is 7. The van der Waals surface area contributed by atoms with Crippen LogP contribution in [-0.2, 0) is 25.3 Å². The molecule has 0 saturated carbocycles. The van der Waals surface area contributed by atoms with Crippen LogP contribution >= 0.6 is 11.6 Å². The van der Waals surface area contributed by atoms with E-state index in [1.165, 1.54) is 14.1 Å². The van der Waals surface area contributed by atoms with Crippen LogP contribution in [-0.4, -0.2) is 92.5 Å². The maximum Gasteiger partial charge on any atom is 0.332 e. The Balaban J connectivity index is 1.11. The molecule has 2 amide bonds. The Bertz CT molecular complexity index is 2560. The van der Waals surface area contributed by atoms with Gasteiger partial charge in [-0.05, 0) is 55.0 Å². The maximum atomic E-state index is 14.0. The van der Waals surface area contributed by atoms with Crippen LogP contribution in [0.1, 0.15) is 47.8 Å². The Morgan fingerprint density at radius 3 is 2.53 bits per heavy atom. The molecule has 0 bridgehead atoms. The molecule has 2 aliphatic heterocycles. The van der Waals surface area contributed by atoms with Gasteiger partial charge in [0, 0.05) is 75.8 Å². The Labute approximate surface area is 331 Å². The third kappa shape index (κ3) is 6.58. The van der Waals surface area contributed by atoms with Crippen LogP contribution in [0.2, 0.25) is 5.02 Å². The monoisotopic (exact) mass is 801 g/mol. The van der Waals surface area contributed by atoms with Crippen LogP contribution in [0, 0.1) is 6.92 Å². The van der Waals surface area contributed by atoms with E-state index in [4.69, 9.17) is 26.1 Å². The number of likely N-dealkylation sites (tertiary alicyclic amines) is 1. The quantitative estimate of drug-likeness (QED) is 0.185. The number of alkyl halides is 2. The first kappa shape index (κ1) is 38.4. The number of hydrogen-bond donors (Lipinski definition) is 2. The predicted octanol–water partition coefficient (Wildman–Crippen LogP) is 5.51. The van der Waals surface area contributed by atoms with Crippen molar-refractivity contribution in [1.29, 1.82) is 0 Å². The van der Waals surface area contributed by atoms with Gasteiger partial charge in [-0.2, -0.15) is 0 Å². The van der Waals surface area contributed by atoms with E-state index in [1.54, 1.807) is 26.4 Å². The molecule has 0 radical (unpaired) electrons. The number of rotatable bonds is 10. The molecular formula is C40H42ClF2N9O5. The van der Waals surface area contributed by atoms with Crippen LogP contribution in [0.4, 0.5) is 25.1 Å². The number of nitrogens with one attached hydrogen (secondary N) is 2. The largest absolute Gasteiger partial charge is 0.481 e. The summed E-state index contributed by atoms with van der Waals surface area (Å²) in [5.74, 6) is -0.436. The first-order valence-corrected chi connectivity index (χ1v) is 19.0. The highest BCUT2D eigenvalue weighted by atomic mass is 35.5. The Morgan fingerprint density at radius 1 is 1.02 bits per heavy atom. The van der Waals surface area contributed by atoms with Crippen LogP contribution < -0.4 is 26.6 Å². The van der Waals surface area contributed by atoms with Gasteiger partial charge in [0.15, 0.2) is 11.5 Å². The van der Waals surface area contributed by atoms with Crippen LogP contribution in [0.25, 0.3) is 33.4 Å². The molecular weight excluding hydrogens is 760 g/mol. The van der Waals surface area contributed by atoms with Gasteiger partial charge in [0.25, 0.3) is 12.0 Å². The van der Waals surface area contributed by atoms with Crippen molar-refractivity contribution in [2.75, 3.05) is 52.3 Å². The predicted molar refractivity (Wildman–Crippen MR) is 212 cm³/mol. The summed E-state index contributed by atoms with van der Waals surface area (Å²) in [6.07, 6.45) is -0.476. The summed E-state index contributed by atoms with van der Waals surface area (Å²) in [6.45, 7) is 5.11. The highest BCUT2D eigenvalue weighted by molar-refractivity contribution is 6.36. The van der Waals surface area contributed by atoms with Crippen LogP contribution in [0.15, 0.2) is 52.1 Å². The van der Waals surface area contributed by atoms with E-state index in [0.717, 1.165) is 58.2 Å². The van der Waals surface area contributed by atoms with Crippen molar-refractivity contribution in [2.24, 2.45) is 14.1 Å². The number of pyridine rings is 1. The van der Waals surface area contributed by atoms with Crippen molar-refractivity contribution in [3.8, 4) is 28.3 Å². The second-order valence-corrected chi connectivity index (χ2v) is 15.3. The van der Waals surface area contributed by atoms with Gasteiger partial charge < -0.3 is 25.0 Å². The fourth-order valence-electron chi connectivity index (χ4n) is 8.60. The SMILES string of the molecule is COCCN1C[C@@]2(CCN([C@H]3CCc4cc(-c5cccc(-c6cccc(Nc7nc(C(F)F)nc8c7c(=O)n(C)c(=O)n8C)c6C)c5Cl)nc(OC)c43)C2)NC1=O. The van der Waals surface area contributed by atoms with Gasteiger partial charge in [0.1, 0.15) is 11.2 Å². The molecule has 2 fully saturated rings. The first-order valence-electron chi connectivity index (χ1n) is 18.6. The van der Waals surface area contributed by atoms with E-state index in [2.05, 4.69) is 31.6 Å². The normalized spacial score (nSPS) is 19.3. The van der Waals surface area contributed by atoms with E-state index in [-0.39, 0.29) is 34.5 Å². The standard InChI is InChI=1S/C40H42ClF2N9O5/c1-21-23(8-7-11-26(21)44-33-30-35(47-34(46-33)32(42)43)49(2)39(55)50(3)37(30)53)24-9-6-10-25(31(24)41)27-18-22-12-13-28(29(22)36(45-27)57-5)51-15-14-40(19-51)20-52(16-17-56-4)38(54)48-40/h6-11,18,28,32H,12-17,19-20H2,1-5H3,(H,48,54)(H,44,46,47)/t28-,40-/m0/s1. The average molecular weight is 802 g/mol. The van der Waals surface area contributed by atoms with E-state index in [1.807, 2.05) is 36.1 Å². The zero-order valence-electron chi connectivity index (χ0n) is 32.2. The minimum Gasteiger partial charge on any atom is -0.481 e. The summed E-state index contributed by atoms with van der Waals surface area (Å²) in [6, 6.07) is 13.2. The second kappa shape index (κ2) is 14.8. The zero-order chi connectivity index (χ0) is 40.3. The van der Waals surface area contributed by atoms with E-state index < -0.39 is 23.5 Å². The Hall–Kier alpha value is -5.45. The molecule has 2 atom stereocenters. The molecule has 17 heteroatoms. The van der Waals surface area contributed by atoms with Gasteiger partial charge in [0.2, 0.25) is 5.88 Å². The molecule has 5 aromatic rings. The zero-order valence-corrected chi connectivity index (χ0v) is 32.9. The number of aromatic nitrogens is 5. The van der Waals surface area contributed by atoms with E-state index in [9.17, 15) is 23.2 Å². The molecule has 5 heterocycles. The number of aryl methyl sites for hydroxylation is 2. The lowest BCUT2D eigenvalue weighted by Gasteiger charge is -2.28. The summed E-state index contributed by atoms with van der Waals surface area (Å²) in [5.41, 5.74) is 4.25. The number of urea groups is 1. The van der Waals surface area contributed by atoms with E-state index >= 15 is 0 Å². The molecule has 57 heavy (non-hydrogen) atoms. The third-order valence-electron chi connectivity index (χ3n) is 11.5. The number of amides is 2. The molecule has 1 spiro atoms. The molecule has 1 aliphatic carbocycles. The first-order chi connectivity index (χ1) is 27.3. The molecule has 14 nitrogen and oxygen atoms in total. The molecule has 298 valence electrons. The molecule has 3 aromatic heterocycles.